The van der Waals surface area contributed by atoms with E-state index in [4.69, 9.17) is 0 Å². The van der Waals surface area contributed by atoms with Gasteiger partial charge in [-0.05, 0) is 110 Å². The molecule has 0 aliphatic carbocycles. The van der Waals surface area contributed by atoms with Crippen LogP contribution in [0.1, 0.15) is 0 Å². The number of anilines is 3. The van der Waals surface area contributed by atoms with Gasteiger partial charge in [0.25, 0.3) is 0 Å². The molecule has 0 N–H and O–H groups in total. The van der Waals surface area contributed by atoms with Gasteiger partial charge in [0.15, 0.2) is 0 Å². The summed E-state index contributed by atoms with van der Waals surface area (Å²) < 4.78 is 2.60. The predicted octanol–water partition coefficient (Wildman–Crippen LogP) is 14.8. The van der Waals surface area contributed by atoms with Gasteiger partial charge >= 0.3 is 0 Å². The van der Waals surface area contributed by atoms with E-state index in [2.05, 4.69) is 205 Å². The van der Waals surface area contributed by atoms with E-state index in [9.17, 15) is 0 Å². The van der Waals surface area contributed by atoms with Gasteiger partial charge in [-0.1, -0.05) is 146 Å². The summed E-state index contributed by atoms with van der Waals surface area (Å²) in [7, 11) is 0. The van der Waals surface area contributed by atoms with Crippen LogP contribution in [-0.4, -0.2) is 0 Å². The molecule has 1 nitrogen and oxygen atoms in total. The largest absolute Gasteiger partial charge is 0.310 e. The third kappa shape index (κ3) is 5.42. The molecule has 10 aromatic rings. The maximum Gasteiger partial charge on any atom is 0.0476 e. The highest BCUT2D eigenvalue weighted by Crippen LogP contribution is 2.42. The Bertz CT molecular complexity index is 2910. The van der Waals surface area contributed by atoms with Crippen molar-refractivity contribution in [1.82, 2.24) is 0 Å². The number of hydrogen-bond donors (Lipinski definition) is 0. The topological polar surface area (TPSA) is 3.24 Å². The molecule has 0 amide bonds. The number of nitrogens with zero attached hydrogens (tertiary/aromatic N) is 1. The van der Waals surface area contributed by atoms with Crippen molar-refractivity contribution in [2.24, 2.45) is 0 Å². The molecule has 0 saturated carbocycles. The van der Waals surface area contributed by atoms with E-state index in [1.807, 2.05) is 11.3 Å². The molecule has 0 aliphatic rings. The van der Waals surface area contributed by atoms with E-state index in [0.29, 0.717) is 0 Å². The van der Waals surface area contributed by atoms with E-state index in [1.165, 1.54) is 75.1 Å². The summed E-state index contributed by atoms with van der Waals surface area (Å²) >= 11 is 1.86. The molecule has 0 aliphatic heterocycles. The van der Waals surface area contributed by atoms with Gasteiger partial charge in [-0.25, -0.2) is 0 Å². The van der Waals surface area contributed by atoms with E-state index < -0.39 is 0 Å². The van der Waals surface area contributed by atoms with Crippen molar-refractivity contribution in [1.29, 1.82) is 0 Å². The fourth-order valence-corrected chi connectivity index (χ4v) is 8.78. The van der Waals surface area contributed by atoms with Crippen LogP contribution in [0.5, 0.6) is 0 Å². The van der Waals surface area contributed by atoms with Crippen molar-refractivity contribution in [2.75, 3.05) is 4.90 Å². The molecule has 10 rings (SSSR count). The van der Waals surface area contributed by atoms with Crippen LogP contribution in [0, 0.1) is 0 Å². The van der Waals surface area contributed by atoms with Gasteiger partial charge in [-0.3, -0.25) is 0 Å². The molecule has 0 unspecified atom stereocenters. The summed E-state index contributed by atoms with van der Waals surface area (Å²) in [6.45, 7) is 0. The quantitative estimate of drug-likeness (QED) is 0.169. The lowest BCUT2D eigenvalue weighted by Gasteiger charge is -2.26. The smallest absolute Gasteiger partial charge is 0.0476 e. The van der Waals surface area contributed by atoms with Crippen LogP contribution in [0.4, 0.5) is 17.1 Å². The Morgan fingerprint density at radius 1 is 0.288 bits per heavy atom. The summed E-state index contributed by atoms with van der Waals surface area (Å²) in [5, 5.41) is 7.65. The number of benzene rings is 9. The zero-order chi connectivity index (χ0) is 34.4. The molecular weight excluding hydrogens is 647 g/mol. The SMILES string of the molecule is c1cc(-c2cccc(N(c3ccc(-c4ccc5ccccc5c4)cc3)c3ccc4c(c3)sc3ccccc34)c2)cc(-c2cccc3ccccc23)c1. The van der Waals surface area contributed by atoms with Gasteiger partial charge in [0, 0.05) is 37.2 Å². The van der Waals surface area contributed by atoms with Crippen LogP contribution >= 0.6 is 11.3 Å². The average Bonchev–Trinajstić information content (AvgIpc) is 3.59. The van der Waals surface area contributed by atoms with Gasteiger partial charge in [0.1, 0.15) is 0 Å². The zero-order valence-corrected chi connectivity index (χ0v) is 29.2. The van der Waals surface area contributed by atoms with Crippen LogP contribution < -0.4 is 4.90 Å². The van der Waals surface area contributed by atoms with Crippen molar-refractivity contribution >= 4 is 70.1 Å². The Morgan fingerprint density at radius 2 is 0.885 bits per heavy atom. The highest BCUT2D eigenvalue weighted by molar-refractivity contribution is 7.25. The van der Waals surface area contributed by atoms with Crippen molar-refractivity contribution in [2.45, 2.75) is 0 Å². The maximum absolute atomic E-state index is 2.39. The summed E-state index contributed by atoms with van der Waals surface area (Å²) in [6.07, 6.45) is 0. The average molecular weight is 680 g/mol. The number of hydrogen-bond acceptors (Lipinski definition) is 2. The normalized spacial score (nSPS) is 11.5. The second-order valence-electron chi connectivity index (χ2n) is 13.4. The number of fused-ring (bicyclic) bond motifs is 5. The van der Waals surface area contributed by atoms with Gasteiger partial charge < -0.3 is 4.90 Å². The van der Waals surface area contributed by atoms with E-state index in [1.54, 1.807) is 0 Å². The fraction of sp³-hybridized carbons (Fsp3) is 0. The number of rotatable bonds is 6. The van der Waals surface area contributed by atoms with Crippen molar-refractivity contribution < 1.29 is 0 Å². The lowest BCUT2D eigenvalue weighted by Crippen LogP contribution is -2.09. The summed E-state index contributed by atoms with van der Waals surface area (Å²) in [5.41, 5.74) is 10.6. The molecule has 0 saturated heterocycles. The molecule has 1 heterocycles. The first-order valence-corrected chi connectivity index (χ1v) is 18.6. The van der Waals surface area contributed by atoms with Gasteiger partial charge in [-0.15, -0.1) is 11.3 Å². The minimum absolute atomic E-state index is 1.12. The van der Waals surface area contributed by atoms with E-state index >= 15 is 0 Å². The maximum atomic E-state index is 2.39. The molecule has 9 aromatic carbocycles. The molecule has 1 aromatic heterocycles. The van der Waals surface area contributed by atoms with Crippen LogP contribution in [0.25, 0.3) is 75.1 Å². The van der Waals surface area contributed by atoms with Gasteiger partial charge in [0.2, 0.25) is 0 Å². The third-order valence-corrected chi connectivity index (χ3v) is 11.4. The Balaban J connectivity index is 1.08. The second-order valence-corrected chi connectivity index (χ2v) is 14.5. The molecule has 2 heteroatoms. The molecule has 0 bridgehead atoms. The van der Waals surface area contributed by atoms with E-state index in [0.717, 1.165) is 17.1 Å². The minimum Gasteiger partial charge on any atom is -0.310 e. The summed E-state index contributed by atoms with van der Waals surface area (Å²) in [5.74, 6) is 0. The lowest BCUT2D eigenvalue weighted by atomic mass is 9.95. The Morgan fingerprint density at radius 3 is 1.77 bits per heavy atom. The number of thiophene rings is 1. The summed E-state index contributed by atoms with van der Waals surface area (Å²) in [4.78, 5) is 2.39. The Hall–Kier alpha value is -6.48. The monoisotopic (exact) mass is 679 g/mol. The molecule has 0 radical (unpaired) electrons. The van der Waals surface area contributed by atoms with Crippen molar-refractivity contribution in [3.8, 4) is 33.4 Å². The lowest BCUT2D eigenvalue weighted by molar-refractivity contribution is 1.29. The van der Waals surface area contributed by atoms with Crippen LogP contribution in [0.15, 0.2) is 200 Å². The minimum atomic E-state index is 1.12. The second kappa shape index (κ2) is 12.7. The van der Waals surface area contributed by atoms with Crippen LogP contribution in [0.2, 0.25) is 0 Å². The van der Waals surface area contributed by atoms with Gasteiger partial charge in [0.05, 0.1) is 0 Å². The molecule has 52 heavy (non-hydrogen) atoms. The first-order chi connectivity index (χ1) is 25.7. The van der Waals surface area contributed by atoms with Crippen LogP contribution in [0.3, 0.4) is 0 Å². The standard InChI is InChI=1S/C50H33NS/c1-2-12-37-30-40(23-22-34(37)10-1)35-24-26-42(27-25-35)51(44-28-29-48-47-19-5-6-21-49(47)52-50(48)33-44)43-17-8-15-39(32-43)38-14-7-16-41(31-38)46-20-9-13-36-11-3-4-18-45(36)46/h1-33H. The Labute approximate surface area is 307 Å². The summed E-state index contributed by atoms with van der Waals surface area (Å²) in [6, 6.07) is 73.0. The zero-order valence-electron chi connectivity index (χ0n) is 28.4. The van der Waals surface area contributed by atoms with Crippen molar-refractivity contribution in [3.05, 3.63) is 200 Å². The first-order valence-electron chi connectivity index (χ1n) is 17.7. The Kier molecular flexibility index (Phi) is 7.41. The van der Waals surface area contributed by atoms with Gasteiger partial charge in [-0.2, -0.15) is 0 Å². The van der Waals surface area contributed by atoms with E-state index in [-0.39, 0.29) is 0 Å². The van der Waals surface area contributed by atoms with Crippen molar-refractivity contribution in [3.63, 3.8) is 0 Å². The molecule has 0 spiro atoms. The fourth-order valence-electron chi connectivity index (χ4n) is 7.64. The highest BCUT2D eigenvalue weighted by Gasteiger charge is 2.16. The molecule has 244 valence electrons. The highest BCUT2D eigenvalue weighted by atomic mass is 32.1. The molecule has 0 fully saturated rings. The molecule has 0 atom stereocenters. The van der Waals surface area contributed by atoms with Crippen LogP contribution in [-0.2, 0) is 0 Å². The third-order valence-electron chi connectivity index (χ3n) is 10.2. The first kappa shape index (κ1) is 30.4. The molecular formula is C50H33NS. The predicted molar refractivity (Wildman–Crippen MR) is 225 cm³/mol.